The van der Waals surface area contributed by atoms with E-state index in [1.54, 1.807) is 0 Å². The summed E-state index contributed by atoms with van der Waals surface area (Å²) in [6.07, 6.45) is 0. The van der Waals surface area contributed by atoms with E-state index < -0.39 is 7.14 Å². The highest BCUT2D eigenvalue weighted by Gasteiger charge is 2.29. The van der Waals surface area contributed by atoms with Crippen LogP contribution in [0.5, 0.6) is 0 Å². The number of rotatable bonds is 7. The van der Waals surface area contributed by atoms with Crippen LogP contribution in [0, 0.1) is 0 Å². The zero-order valence-electron chi connectivity index (χ0n) is 32.1. The zero-order valence-corrected chi connectivity index (χ0v) is 33.0. The molecule has 0 aliphatic carbocycles. The molecule has 0 aliphatic rings. The summed E-state index contributed by atoms with van der Waals surface area (Å²) < 4.78 is 17.4. The number of hydrogen-bond acceptors (Lipinski definition) is 2. The average Bonchev–Trinajstić information content (AvgIpc) is 3.64. The minimum atomic E-state index is -3.06. The van der Waals surface area contributed by atoms with Crippen LogP contribution in [0.25, 0.3) is 82.7 Å². The number of para-hydroxylation sites is 2. The Balaban J connectivity index is 1.05. The minimum Gasteiger partial charge on any atom is -0.309 e. The Labute approximate surface area is 342 Å². The molecule has 0 bridgehead atoms. The van der Waals surface area contributed by atoms with E-state index in [-0.39, 0.29) is 0 Å². The van der Waals surface area contributed by atoms with Crippen LogP contribution >= 0.6 is 7.14 Å². The molecule has 0 unspecified atom stereocenters. The van der Waals surface area contributed by atoms with Gasteiger partial charge >= 0.3 is 0 Å². The maximum atomic E-state index is 15.0. The first-order chi connectivity index (χ1) is 29.1. The highest BCUT2D eigenvalue weighted by atomic mass is 31.2. The number of aromatic nitrogens is 2. The molecule has 4 heteroatoms. The van der Waals surface area contributed by atoms with Crippen molar-refractivity contribution in [3.8, 4) is 39.2 Å². The minimum absolute atomic E-state index is 0.819. The van der Waals surface area contributed by atoms with Gasteiger partial charge in [0.05, 0.1) is 22.2 Å². The maximum absolute atomic E-state index is 15.0. The van der Waals surface area contributed by atoms with Crippen LogP contribution in [0.3, 0.4) is 0 Å². The lowest BCUT2D eigenvalue weighted by atomic mass is 9.94. The monoisotopic (exact) mass is 772 g/mol. The Bertz CT molecular complexity index is 3340. The van der Waals surface area contributed by atoms with Crippen molar-refractivity contribution in [2.75, 3.05) is 0 Å². The SMILES string of the molecule is O=P(c1ccccc1)(c1ccccc1)c1ccc(-c2cccc(-c3ccc4nc(-c5ccccc5)c5cc6c(cc5c4c3)c3ccccc3n6-c3ccccc3)c2)cc1. The molecule has 278 valence electrons. The lowest BCUT2D eigenvalue weighted by molar-refractivity contribution is 0.592. The second-order valence-corrected chi connectivity index (χ2v) is 17.8. The molecule has 0 saturated carbocycles. The van der Waals surface area contributed by atoms with E-state index in [9.17, 15) is 0 Å². The summed E-state index contributed by atoms with van der Waals surface area (Å²) in [4.78, 5) is 5.38. The number of hydrogen-bond donors (Lipinski definition) is 0. The predicted octanol–water partition coefficient (Wildman–Crippen LogP) is 13.1. The number of fused-ring (bicyclic) bond motifs is 6. The van der Waals surface area contributed by atoms with Crippen LogP contribution in [-0.4, -0.2) is 9.55 Å². The van der Waals surface area contributed by atoms with E-state index in [0.29, 0.717) is 0 Å². The third-order valence-corrected chi connectivity index (χ3v) is 14.7. The quantitative estimate of drug-likeness (QED) is 0.119. The van der Waals surface area contributed by atoms with Crippen LogP contribution in [0.4, 0.5) is 0 Å². The van der Waals surface area contributed by atoms with Crippen LogP contribution in [0.1, 0.15) is 0 Å². The normalized spacial score (nSPS) is 11.8. The summed E-state index contributed by atoms with van der Waals surface area (Å²) in [6, 6.07) is 77.9. The van der Waals surface area contributed by atoms with Gasteiger partial charge < -0.3 is 9.13 Å². The Morgan fingerprint density at radius 3 is 1.58 bits per heavy atom. The number of nitrogens with zero attached hydrogens (tertiary/aromatic N) is 2. The van der Waals surface area contributed by atoms with E-state index in [0.717, 1.165) is 76.9 Å². The predicted molar refractivity (Wildman–Crippen MR) is 249 cm³/mol. The van der Waals surface area contributed by atoms with Crippen molar-refractivity contribution in [2.45, 2.75) is 0 Å². The van der Waals surface area contributed by atoms with Gasteiger partial charge in [-0.05, 0) is 76.2 Å². The first-order valence-corrected chi connectivity index (χ1v) is 21.7. The van der Waals surface area contributed by atoms with E-state index in [4.69, 9.17) is 4.98 Å². The molecular formula is C55H37N2OP. The van der Waals surface area contributed by atoms with E-state index in [1.807, 2.05) is 72.8 Å². The van der Waals surface area contributed by atoms with Crippen molar-refractivity contribution in [3.05, 3.63) is 224 Å². The topological polar surface area (TPSA) is 34.9 Å². The van der Waals surface area contributed by atoms with Gasteiger partial charge in [0, 0.05) is 48.7 Å². The van der Waals surface area contributed by atoms with Gasteiger partial charge in [0.15, 0.2) is 7.14 Å². The molecule has 0 N–H and O–H groups in total. The number of pyridine rings is 1. The Kier molecular flexibility index (Phi) is 8.43. The second kappa shape index (κ2) is 14.3. The van der Waals surface area contributed by atoms with Gasteiger partial charge in [0.25, 0.3) is 0 Å². The fourth-order valence-corrected chi connectivity index (χ4v) is 11.4. The van der Waals surface area contributed by atoms with Gasteiger partial charge in [-0.2, -0.15) is 0 Å². The Morgan fingerprint density at radius 1 is 0.339 bits per heavy atom. The molecule has 2 heterocycles. The van der Waals surface area contributed by atoms with Crippen molar-refractivity contribution in [1.82, 2.24) is 9.55 Å². The average molecular weight is 773 g/mol. The molecular weight excluding hydrogens is 736 g/mol. The summed E-state index contributed by atoms with van der Waals surface area (Å²) in [5.41, 5.74) is 10.9. The van der Waals surface area contributed by atoms with Crippen LogP contribution in [0.15, 0.2) is 224 Å². The fraction of sp³-hybridized carbons (Fsp3) is 0. The summed E-state index contributed by atoms with van der Waals surface area (Å²) in [5, 5.41) is 8.32. The van der Waals surface area contributed by atoms with Gasteiger partial charge in [-0.15, -0.1) is 0 Å². The van der Waals surface area contributed by atoms with Crippen molar-refractivity contribution in [1.29, 1.82) is 0 Å². The highest BCUT2D eigenvalue weighted by molar-refractivity contribution is 7.85. The Hall–Kier alpha value is -7.32. The van der Waals surface area contributed by atoms with Crippen molar-refractivity contribution in [2.24, 2.45) is 0 Å². The molecule has 0 aliphatic heterocycles. The Morgan fingerprint density at radius 2 is 0.881 bits per heavy atom. The lowest BCUT2D eigenvalue weighted by Gasteiger charge is -2.20. The molecule has 59 heavy (non-hydrogen) atoms. The zero-order chi connectivity index (χ0) is 39.3. The van der Waals surface area contributed by atoms with Gasteiger partial charge in [0.1, 0.15) is 0 Å². The molecule has 9 aromatic carbocycles. The molecule has 0 atom stereocenters. The molecule has 0 radical (unpaired) electrons. The van der Waals surface area contributed by atoms with Gasteiger partial charge in [-0.3, -0.25) is 0 Å². The first kappa shape index (κ1) is 34.9. The van der Waals surface area contributed by atoms with Crippen LogP contribution in [0.2, 0.25) is 0 Å². The standard InChI is InChI=1S/C55H37N2OP/c58-59(44-22-9-3-10-23-44,45-24-11-4-12-25-45)46-31-28-38(29-32-46)40-18-15-19-41(34-40)42-30-33-52-49(35-42)48-36-50-47-26-13-14-27-53(47)57(43-20-7-2-8-21-43)54(50)37-51(48)55(56-52)39-16-5-1-6-17-39/h1-37H. The van der Waals surface area contributed by atoms with E-state index in [1.165, 1.54) is 21.7 Å². The van der Waals surface area contributed by atoms with Gasteiger partial charge in [-0.1, -0.05) is 176 Å². The maximum Gasteiger partial charge on any atom is 0.171 e. The van der Waals surface area contributed by atoms with Crippen LogP contribution < -0.4 is 15.9 Å². The summed E-state index contributed by atoms with van der Waals surface area (Å²) in [6.45, 7) is 0. The smallest absolute Gasteiger partial charge is 0.171 e. The summed E-state index contributed by atoms with van der Waals surface area (Å²) in [7, 11) is -3.06. The molecule has 2 aromatic heterocycles. The largest absolute Gasteiger partial charge is 0.309 e. The van der Waals surface area contributed by atoms with Gasteiger partial charge in [0.2, 0.25) is 0 Å². The molecule has 3 nitrogen and oxygen atoms in total. The van der Waals surface area contributed by atoms with Crippen molar-refractivity contribution in [3.63, 3.8) is 0 Å². The molecule has 11 rings (SSSR count). The fourth-order valence-electron chi connectivity index (χ4n) is 8.78. The lowest BCUT2D eigenvalue weighted by Crippen LogP contribution is -2.24. The molecule has 0 saturated heterocycles. The third-order valence-electron chi connectivity index (χ3n) is 11.6. The van der Waals surface area contributed by atoms with Crippen molar-refractivity contribution >= 4 is 66.5 Å². The second-order valence-electron chi connectivity index (χ2n) is 15.1. The molecule has 11 aromatic rings. The molecule has 0 spiro atoms. The van der Waals surface area contributed by atoms with Gasteiger partial charge in [-0.25, -0.2) is 4.98 Å². The highest BCUT2D eigenvalue weighted by Crippen LogP contribution is 2.44. The number of benzene rings is 9. The van der Waals surface area contributed by atoms with E-state index >= 15 is 4.57 Å². The summed E-state index contributed by atoms with van der Waals surface area (Å²) >= 11 is 0. The first-order valence-electron chi connectivity index (χ1n) is 20.0. The molecule has 0 fully saturated rings. The van der Waals surface area contributed by atoms with Crippen molar-refractivity contribution < 1.29 is 4.57 Å². The molecule has 0 amide bonds. The van der Waals surface area contributed by atoms with E-state index in [2.05, 4.69) is 156 Å². The summed E-state index contributed by atoms with van der Waals surface area (Å²) in [5.74, 6) is 0. The third kappa shape index (κ3) is 5.90. The van der Waals surface area contributed by atoms with Crippen LogP contribution in [-0.2, 0) is 4.57 Å².